The van der Waals surface area contributed by atoms with Gasteiger partial charge in [-0.05, 0) is 12.3 Å². The lowest BCUT2D eigenvalue weighted by Gasteiger charge is -2.21. The summed E-state index contributed by atoms with van der Waals surface area (Å²) in [6, 6.07) is 0.211. The molecule has 0 saturated carbocycles. The minimum atomic E-state index is -0.0469. The molecule has 2 N–H and O–H groups in total. The lowest BCUT2D eigenvalue weighted by atomic mass is 9.95. The highest BCUT2D eigenvalue weighted by molar-refractivity contribution is 4.71. The molecule has 0 aromatic rings. The van der Waals surface area contributed by atoms with E-state index in [0.717, 1.165) is 19.6 Å². The molecule has 1 fully saturated rings. The van der Waals surface area contributed by atoms with Crippen molar-refractivity contribution >= 4 is 0 Å². The molecule has 0 amide bonds. The fourth-order valence-corrected chi connectivity index (χ4v) is 1.67. The highest BCUT2D eigenvalue weighted by atomic mass is 16.7. The van der Waals surface area contributed by atoms with Gasteiger partial charge in [0.25, 0.3) is 0 Å². The minimum absolute atomic E-state index is 0.0469. The molecule has 2 unspecified atom stereocenters. The fraction of sp³-hybridized carbons (Fsp3) is 1.00. The normalized spacial score (nSPS) is 23.3. The zero-order chi connectivity index (χ0) is 9.68. The average Bonchev–Trinajstić information content (AvgIpc) is 2.57. The Kier molecular flexibility index (Phi) is 4.70. The smallest absolute Gasteiger partial charge is 0.159 e. The van der Waals surface area contributed by atoms with Gasteiger partial charge in [-0.2, -0.15) is 0 Å². The number of hydrogen-bond donors (Lipinski definition) is 1. The highest BCUT2D eigenvalue weighted by Crippen LogP contribution is 2.17. The summed E-state index contributed by atoms with van der Waals surface area (Å²) in [6.45, 7) is 5.83. The van der Waals surface area contributed by atoms with Crippen molar-refractivity contribution in [1.29, 1.82) is 0 Å². The van der Waals surface area contributed by atoms with Crippen LogP contribution in [0.15, 0.2) is 0 Å². The molecule has 13 heavy (non-hydrogen) atoms. The molecule has 1 aliphatic heterocycles. The molecule has 0 aliphatic carbocycles. The van der Waals surface area contributed by atoms with Gasteiger partial charge in [0.05, 0.1) is 13.2 Å². The first kappa shape index (κ1) is 11.0. The fourth-order valence-electron chi connectivity index (χ4n) is 1.67. The molecule has 1 aliphatic rings. The summed E-state index contributed by atoms with van der Waals surface area (Å²) in [5.74, 6) is 0.567. The molecule has 0 bridgehead atoms. The van der Waals surface area contributed by atoms with Crippen LogP contribution in [0.25, 0.3) is 0 Å². The van der Waals surface area contributed by atoms with Crippen LogP contribution in [0.4, 0.5) is 0 Å². The third-order valence-electron chi connectivity index (χ3n) is 2.63. The quantitative estimate of drug-likeness (QED) is 0.709. The molecule has 1 heterocycles. The van der Waals surface area contributed by atoms with E-state index >= 15 is 0 Å². The zero-order valence-electron chi connectivity index (χ0n) is 8.66. The number of nitrogens with two attached hydrogens (primary N) is 1. The standard InChI is InChI=1S/C10H21NO2/c1-3-4-8(2)9(11)7-10-12-5-6-13-10/h8-10H,3-7,11H2,1-2H3. The third-order valence-corrected chi connectivity index (χ3v) is 2.63. The molecule has 78 valence electrons. The first-order valence-corrected chi connectivity index (χ1v) is 5.22. The van der Waals surface area contributed by atoms with Crippen LogP contribution in [0.2, 0.25) is 0 Å². The monoisotopic (exact) mass is 187 g/mol. The number of ether oxygens (including phenoxy) is 2. The van der Waals surface area contributed by atoms with Gasteiger partial charge in [0.2, 0.25) is 0 Å². The van der Waals surface area contributed by atoms with Crippen molar-refractivity contribution in [3.8, 4) is 0 Å². The zero-order valence-corrected chi connectivity index (χ0v) is 8.66. The Morgan fingerprint density at radius 1 is 1.38 bits per heavy atom. The van der Waals surface area contributed by atoms with E-state index in [2.05, 4.69) is 13.8 Å². The highest BCUT2D eigenvalue weighted by Gasteiger charge is 2.22. The molecule has 0 spiro atoms. The van der Waals surface area contributed by atoms with E-state index in [1.54, 1.807) is 0 Å². The van der Waals surface area contributed by atoms with Crippen molar-refractivity contribution < 1.29 is 9.47 Å². The van der Waals surface area contributed by atoms with Gasteiger partial charge in [0, 0.05) is 12.5 Å². The molecular formula is C10H21NO2. The second-order valence-electron chi connectivity index (χ2n) is 3.84. The van der Waals surface area contributed by atoms with Gasteiger partial charge in [0.15, 0.2) is 6.29 Å². The predicted octanol–water partition coefficient (Wildman–Crippen LogP) is 1.51. The second kappa shape index (κ2) is 5.58. The van der Waals surface area contributed by atoms with Crippen LogP contribution in [0.3, 0.4) is 0 Å². The van der Waals surface area contributed by atoms with Crippen molar-refractivity contribution in [1.82, 2.24) is 0 Å². The van der Waals surface area contributed by atoms with Crippen molar-refractivity contribution in [2.45, 2.75) is 45.4 Å². The van der Waals surface area contributed by atoms with E-state index in [0.29, 0.717) is 5.92 Å². The Labute approximate surface area is 80.6 Å². The van der Waals surface area contributed by atoms with E-state index in [1.165, 1.54) is 12.8 Å². The summed E-state index contributed by atoms with van der Waals surface area (Å²) >= 11 is 0. The van der Waals surface area contributed by atoms with Crippen molar-refractivity contribution in [3.63, 3.8) is 0 Å². The van der Waals surface area contributed by atoms with Crippen LogP contribution in [0, 0.1) is 5.92 Å². The first-order chi connectivity index (χ1) is 6.24. The Bertz CT molecular complexity index is 135. The molecule has 1 saturated heterocycles. The summed E-state index contributed by atoms with van der Waals surface area (Å²) in [5.41, 5.74) is 6.02. The second-order valence-corrected chi connectivity index (χ2v) is 3.84. The van der Waals surface area contributed by atoms with E-state index in [-0.39, 0.29) is 12.3 Å². The topological polar surface area (TPSA) is 44.5 Å². The predicted molar refractivity (Wildman–Crippen MR) is 52.4 cm³/mol. The van der Waals surface area contributed by atoms with Crippen LogP contribution in [-0.4, -0.2) is 25.5 Å². The molecule has 2 atom stereocenters. The molecule has 3 heteroatoms. The molecule has 0 radical (unpaired) electrons. The average molecular weight is 187 g/mol. The molecular weight excluding hydrogens is 166 g/mol. The lowest BCUT2D eigenvalue weighted by Crippen LogP contribution is -2.32. The number of rotatable bonds is 5. The maximum absolute atomic E-state index is 6.02. The summed E-state index contributed by atoms with van der Waals surface area (Å²) in [4.78, 5) is 0. The molecule has 1 rings (SSSR count). The summed E-state index contributed by atoms with van der Waals surface area (Å²) < 4.78 is 10.7. The summed E-state index contributed by atoms with van der Waals surface area (Å²) in [5, 5.41) is 0. The van der Waals surface area contributed by atoms with Crippen LogP contribution in [0.1, 0.15) is 33.1 Å². The summed E-state index contributed by atoms with van der Waals surface area (Å²) in [7, 11) is 0. The van der Waals surface area contributed by atoms with Gasteiger partial charge in [-0.3, -0.25) is 0 Å². The maximum atomic E-state index is 6.02. The summed E-state index contributed by atoms with van der Waals surface area (Å²) in [6.07, 6.45) is 3.17. The largest absolute Gasteiger partial charge is 0.350 e. The third kappa shape index (κ3) is 3.63. The van der Waals surface area contributed by atoms with E-state index < -0.39 is 0 Å². The van der Waals surface area contributed by atoms with Crippen molar-refractivity contribution in [3.05, 3.63) is 0 Å². The lowest BCUT2D eigenvalue weighted by molar-refractivity contribution is -0.0535. The van der Waals surface area contributed by atoms with Crippen molar-refractivity contribution in [2.75, 3.05) is 13.2 Å². The van der Waals surface area contributed by atoms with Gasteiger partial charge in [-0.15, -0.1) is 0 Å². The Morgan fingerprint density at radius 2 is 2.00 bits per heavy atom. The van der Waals surface area contributed by atoms with Gasteiger partial charge in [-0.25, -0.2) is 0 Å². The minimum Gasteiger partial charge on any atom is -0.350 e. The van der Waals surface area contributed by atoms with E-state index in [9.17, 15) is 0 Å². The SMILES string of the molecule is CCCC(C)C(N)CC1OCCO1. The van der Waals surface area contributed by atoms with Crippen LogP contribution >= 0.6 is 0 Å². The van der Waals surface area contributed by atoms with Crippen LogP contribution in [0.5, 0.6) is 0 Å². The van der Waals surface area contributed by atoms with Gasteiger partial charge >= 0.3 is 0 Å². The van der Waals surface area contributed by atoms with Crippen LogP contribution in [-0.2, 0) is 9.47 Å². The van der Waals surface area contributed by atoms with Gasteiger partial charge < -0.3 is 15.2 Å². The first-order valence-electron chi connectivity index (χ1n) is 5.22. The van der Waals surface area contributed by atoms with Crippen LogP contribution < -0.4 is 5.73 Å². The molecule has 0 aromatic heterocycles. The maximum Gasteiger partial charge on any atom is 0.159 e. The van der Waals surface area contributed by atoms with Crippen molar-refractivity contribution in [2.24, 2.45) is 11.7 Å². The van der Waals surface area contributed by atoms with Gasteiger partial charge in [0.1, 0.15) is 0 Å². The molecule has 0 aromatic carbocycles. The Balaban J connectivity index is 2.18. The van der Waals surface area contributed by atoms with E-state index in [1.807, 2.05) is 0 Å². The Morgan fingerprint density at radius 3 is 2.54 bits per heavy atom. The number of hydrogen-bond acceptors (Lipinski definition) is 3. The Hall–Kier alpha value is -0.120. The molecule has 3 nitrogen and oxygen atoms in total. The van der Waals surface area contributed by atoms with Gasteiger partial charge in [-0.1, -0.05) is 20.3 Å². The van der Waals surface area contributed by atoms with E-state index in [4.69, 9.17) is 15.2 Å².